The van der Waals surface area contributed by atoms with Crippen LogP contribution in [0.3, 0.4) is 0 Å². The average Bonchev–Trinajstić information content (AvgIpc) is 2.78. The van der Waals surface area contributed by atoms with E-state index in [4.69, 9.17) is 4.74 Å². The Balaban J connectivity index is 1.86. The second kappa shape index (κ2) is 8.93. The lowest BCUT2D eigenvalue weighted by Crippen LogP contribution is -2.19. The van der Waals surface area contributed by atoms with Crippen LogP contribution in [0.1, 0.15) is 64.5 Å². The van der Waals surface area contributed by atoms with Crippen LogP contribution in [-0.4, -0.2) is 29.3 Å². The topological polar surface area (TPSA) is 95.2 Å². The van der Waals surface area contributed by atoms with Crippen LogP contribution in [0.2, 0.25) is 0 Å². The summed E-state index contributed by atoms with van der Waals surface area (Å²) >= 11 is 0. The van der Waals surface area contributed by atoms with E-state index in [1.54, 1.807) is 24.3 Å². The van der Waals surface area contributed by atoms with Crippen molar-refractivity contribution in [2.45, 2.75) is 38.6 Å². The van der Waals surface area contributed by atoms with Crippen molar-refractivity contribution >= 4 is 22.6 Å². The predicted molar refractivity (Wildman–Crippen MR) is 119 cm³/mol. The van der Waals surface area contributed by atoms with Crippen LogP contribution >= 0.6 is 0 Å². The summed E-state index contributed by atoms with van der Waals surface area (Å²) in [6, 6.07) is 11.9. The van der Waals surface area contributed by atoms with Crippen molar-refractivity contribution in [1.82, 2.24) is 4.98 Å². The number of aryl methyl sites for hydroxylation is 1. The zero-order valence-electron chi connectivity index (χ0n) is 18.0. The Morgan fingerprint density at radius 3 is 2.84 bits per heavy atom. The number of halogens is 1. The Morgan fingerprint density at radius 2 is 2.16 bits per heavy atom. The number of rotatable bonds is 5. The maximum atomic E-state index is 16.0. The summed E-state index contributed by atoms with van der Waals surface area (Å²) in [4.78, 5) is 16.1. The number of nitrogens with one attached hydrogen (secondary N) is 1. The lowest BCUT2D eigenvalue weighted by Gasteiger charge is -2.25. The van der Waals surface area contributed by atoms with Gasteiger partial charge in [-0.15, -0.1) is 0 Å². The molecule has 1 saturated heterocycles. The van der Waals surface area contributed by atoms with Crippen LogP contribution in [-0.2, 0) is 4.74 Å². The smallest absolute Gasteiger partial charge is 0.337 e. The first-order valence-corrected chi connectivity index (χ1v) is 10.6. The summed E-state index contributed by atoms with van der Waals surface area (Å²) in [5.41, 5.74) is 2.94. The van der Waals surface area contributed by atoms with Gasteiger partial charge in [0.1, 0.15) is 17.6 Å². The molecule has 164 valence electrons. The lowest BCUT2D eigenvalue weighted by molar-refractivity contribution is 0.0698. The van der Waals surface area contributed by atoms with Crippen LogP contribution in [0.5, 0.6) is 0 Å². The summed E-state index contributed by atoms with van der Waals surface area (Å²) in [5.74, 6) is -1.71. The van der Waals surface area contributed by atoms with Gasteiger partial charge in [-0.3, -0.25) is 0 Å². The number of carbonyl (C=O) groups is 1. The van der Waals surface area contributed by atoms with Gasteiger partial charge < -0.3 is 15.2 Å². The molecule has 1 aliphatic heterocycles. The molecule has 6 nitrogen and oxygen atoms in total. The second-order valence-electron chi connectivity index (χ2n) is 8.18. The standard InChI is InChI=1S/C25H24FN3O3/c1-14-10-18(15(2)28-19-8-4-3-7-17(19)25(30)31)23-20(11-14)29-21(12-27)22(24(23)26)16-6-5-9-32-13-16/h3-4,7-8,10-11,15-16,28H,5-6,9,13H2,1-2H3,(H,30,31)/t15-,16?/m1/s1. The molecule has 1 aromatic heterocycles. The third-order valence-corrected chi connectivity index (χ3v) is 5.91. The predicted octanol–water partition coefficient (Wildman–Crippen LogP) is 5.32. The van der Waals surface area contributed by atoms with Crippen LogP contribution in [0.25, 0.3) is 10.9 Å². The average molecular weight is 433 g/mol. The molecule has 7 heteroatoms. The molecule has 3 aromatic rings. The van der Waals surface area contributed by atoms with E-state index >= 15 is 4.39 Å². The van der Waals surface area contributed by atoms with Crippen LogP contribution in [0.15, 0.2) is 36.4 Å². The van der Waals surface area contributed by atoms with E-state index in [1.165, 1.54) is 6.07 Å². The van der Waals surface area contributed by atoms with Gasteiger partial charge in [0.05, 0.1) is 17.7 Å². The Hall–Kier alpha value is -3.50. The number of carboxylic acid groups (broad SMARTS) is 1. The molecule has 2 aromatic carbocycles. The van der Waals surface area contributed by atoms with Crippen molar-refractivity contribution in [2.75, 3.05) is 18.5 Å². The van der Waals surface area contributed by atoms with E-state index in [1.807, 2.05) is 19.9 Å². The van der Waals surface area contributed by atoms with Gasteiger partial charge in [-0.05, 0) is 56.0 Å². The van der Waals surface area contributed by atoms with Gasteiger partial charge in [-0.2, -0.15) is 5.26 Å². The Labute approximate surface area is 185 Å². The van der Waals surface area contributed by atoms with E-state index in [0.29, 0.717) is 40.9 Å². The highest BCUT2D eigenvalue weighted by atomic mass is 19.1. The molecule has 1 unspecified atom stereocenters. The van der Waals surface area contributed by atoms with Gasteiger partial charge in [0.25, 0.3) is 0 Å². The molecule has 0 spiro atoms. The fourth-order valence-electron chi connectivity index (χ4n) is 4.42. The number of carboxylic acids is 1. The number of aromatic nitrogens is 1. The quantitative estimate of drug-likeness (QED) is 0.565. The zero-order chi connectivity index (χ0) is 22.8. The minimum absolute atomic E-state index is 0.0962. The van der Waals surface area contributed by atoms with Crippen molar-refractivity contribution in [3.05, 3.63) is 70.2 Å². The third-order valence-electron chi connectivity index (χ3n) is 5.91. The maximum Gasteiger partial charge on any atom is 0.337 e. The van der Waals surface area contributed by atoms with Gasteiger partial charge in [0, 0.05) is 35.2 Å². The molecule has 2 heterocycles. The number of pyridine rings is 1. The number of hydrogen-bond acceptors (Lipinski definition) is 5. The van der Waals surface area contributed by atoms with E-state index in [0.717, 1.165) is 18.4 Å². The number of fused-ring (bicyclic) bond motifs is 1. The third kappa shape index (κ3) is 4.02. The fourth-order valence-corrected chi connectivity index (χ4v) is 4.42. The molecule has 4 rings (SSSR count). The summed E-state index contributed by atoms with van der Waals surface area (Å²) in [7, 11) is 0. The molecule has 1 fully saturated rings. The first-order valence-electron chi connectivity index (χ1n) is 10.6. The van der Waals surface area contributed by atoms with Gasteiger partial charge in [0.2, 0.25) is 0 Å². The molecule has 0 radical (unpaired) electrons. The SMILES string of the molecule is Cc1cc([C@@H](C)Nc2ccccc2C(=O)O)c2c(F)c(C3CCCOC3)c(C#N)nc2c1. The Kier molecular flexibility index (Phi) is 6.06. The van der Waals surface area contributed by atoms with Crippen molar-refractivity contribution in [3.63, 3.8) is 0 Å². The molecule has 32 heavy (non-hydrogen) atoms. The molecule has 0 bridgehead atoms. The van der Waals surface area contributed by atoms with Gasteiger partial charge in [-0.1, -0.05) is 18.2 Å². The highest BCUT2D eigenvalue weighted by Crippen LogP contribution is 2.37. The first kappa shape index (κ1) is 21.7. The maximum absolute atomic E-state index is 16.0. The molecule has 2 atom stereocenters. The molecule has 0 amide bonds. The Bertz CT molecular complexity index is 1230. The molecule has 1 aliphatic rings. The number of benzene rings is 2. The minimum atomic E-state index is -1.04. The first-order chi connectivity index (χ1) is 15.4. The summed E-state index contributed by atoms with van der Waals surface area (Å²) in [5, 5.41) is 22.7. The van der Waals surface area contributed by atoms with Crippen LogP contribution in [0.4, 0.5) is 10.1 Å². The summed E-state index contributed by atoms with van der Waals surface area (Å²) in [6.07, 6.45) is 1.54. The summed E-state index contributed by atoms with van der Waals surface area (Å²) < 4.78 is 21.6. The number of ether oxygens (including phenoxy) is 1. The fraction of sp³-hybridized carbons (Fsp3) is 0.320. The highest BCUT2D eigenvalue weighted by Gasteiger charge is 2.27. The van der Waals surface area contributed by atoms with Crippen molar-refractivity contribution in [3.8, 4) is 6.07 Å². The van der Waals surface area contributed by atoms with E-state index in [-0.39, 0.29) is 17.2 Å². The van der Waals surface area contributed by atoms with E-state index in [9.17, 15) is 15.2 Å². The number of aromatic carboxylic acids is 1. The molecular weight excluding hydrogens is 409 g/mol. The number of nitriles is 1. The normalized spacial score (nSPS) is 17.0. The number of hydrogen-bond donors (Lipinski definition) is 2. The number of nitrogens with zero attached hydrogens (tertiary/aromatic N) is 2. The molecule has 0 saturated carbocycles. The number of para-hydroxylation sites is 1. The molecule has 0 aliphatic carbocycles. The van der Waals surface area contributed by atoms with E-state index < -0.39 is 17.8 Å². The lowest BCUT2D eigenvalue weighted by atomic mass is 9.88. The minimum Gasteiger partial charge on any atom is -0.478 e. The van der Waals surface area contributed by atoms with Gasteiger partial charge in [-0.25, -0.2) is 14.2 Å². The molecular formula is C25H24FN3O3. The van der Waals surface area contributed by atoms with Crippen molar-refractivity contribution < 1.29 is 19.0 Å². The van der Waals surface area contributed by atoms with Crippen molar-refractivity contribution in [1.29, 1.82) is 5.26 Å². The van der Waals surface area contributed by atoms with Crippen molar-refractivity contribution in [2.24, 2.45) is 0 Å². The Morgan fingerprint density at radius 1 is 1.38 bits per heavy atom. The van der Waals surface area contributed by atoms with Gasteiger partial charge >= 0.3 is 5.97 Å². The second-order valence-corrected chi connectivity index (χ2v) is 8.18. The zero-order valence-corrected chi connectivity index (χ0v) is 18.0. The molecule has 2 N–H and O–H groups in total. The largest absolute Gasteiger partial charge is 0.478 e. The van der Waals surface area contributed by atoms with Crippen LogP contribution < -0.4 is 5.32 Å². The van der Waals surface area contributed by atoms with E-state index in [2.05, 4.69) is 16.4 Å². The monoisotopic (exact) mass is 433 g/mol. The summed E-state index contributed by atoms with van der Waals surface area (Å²) in [6.45, 7) is 4.73. The number of anilines is 1. The highest BCUT2D eigenvalue weighted by molar-refractivity contribution is 5.94. The van der Waals surface area contributed by atoms with Crippen LogP contribution in [0, 0.1) is 24.1 Å². The van der Waals surface area contributed by atoms with Gasteiger partial charge in [0.15, 0.2) is 0 Å².